The van der Waals surface area contributed by atoms with Crippen molar-refractivity contribution in [1.29, 1.82) is 0 Å². The Bertz CT molecular complexity index is 984. The highest BCUT2D eigenvalue weighted by atomic mass is 79.9. The molecule has 162 valence electrons. The van der Waals surface area contributed by atoms with Crippen LogP contribution >= 0.6 is 27.5 Å². The Morgan fingerprint density at radius 2 is 1.57 bits per heavy atom. The summed E-state index contributed by atoms with van der Waals surface area (Å²) in [5.74, 6) is 0. The van der Waals surface area contributed by atoms with E-state index in [4.69, 9.17) is 11.6 Å². The van der Waals surface area contributed by atoms with Crippen molar-refractivity contribution in [2.24, 2.45) is 0 Å². The Morgan fingerprint density at radius 3 is 2.17 bits per heavy atom. The fourth-order valence-corrected chi connectivity index (χ4v) is 7.11. The monoisotopic (exact) mass is 512 g/mol. The molecule has 1 N–H and O–H groups in total. The van der Waals surface area contributed by atoms with E-state index in [1.807, 2.05) is 30.3 Å². The second-order valence-electron chi connectivity index (χ2n) is 8.14. The molecule has 1 aliphatic heterocycles. The molecule has 4 rings (SSSR count). The smallest absolute Gasteiger partial charge is 0.244 e. The molecule has 8 heteroatoms. The number of halogens is 2. The highest BCUT2D eigenvalue weighted by Crippen LogP contribution is 2.39. The molecule has 2 aromatic rings. The lowest BCUT2D eigenvalue weighted by Gasteiger charge is -2.44. The van der Waals surface area contributed by atoms with Gasteiger partial charge in [-0.25, -0.2) is 8.42 Å². The third-order valence-corrected chi connectivity index (χ3v) is 9.57. The van der Waals surface area contributed by atoms with E-state index in [-0.39, 0.29) is 0 Å². The molecule has 1 aliphatic carbocycles. The van der Waals surface area contributed by atoms with Crippen LogP contribution in [0.5, 0.6) is 0 Å². The van der Waals surface area contributed by atoms with Crippen LogP contribution in [-0.4, -0.2) is 55.0 Å². The minimum absolute atomic E-state index is 0.323. The molecule has 1 heterocycles. The molecular weight excluding hydrogens is 488 g/mol. The molecule has 0 spiro atoms. The van der Waals surface area contributed by atoms with Gasteiger partial charge in [-0.15, -0.1) is 0 Å². The van der Waals surface area contributed by atoms with Crippen molar-refractivity contribution in [3.05, 3.63) is 63.6 Å². The predicted octanol–water partition coefficient (Wildman–Crippen LogP) is 4.24. The number of nitrogens with zero attached hydrogens (tertiary/aromatic N) is 2. The van der Waals surface area contributed by atoms with E-state index in [9.17, 15) is 13.5 Å². The number of aliphatic hydroxyl groups is 1. The van der Waals surface area contributed by atoms with Crippen LogP contribution in [0, 0.1) is 0 Å². The molecular formula is C22H26BrClN2O3S. The van der Waals surface area contributed by atoms with Crippen LogP contribution in [0.1, 0.15) is 31.2 Å². The maximum Gasteiger partial charge on any atom is 0.244 e. The summed E-state index contributed by atoms with van der Waals surface area (Å²) in [7, 11) is -3.50. The quantitative estimate of drug-likeness (QED) is 0.664. The minimum atomic E-state index is -3.50. The lowest BCUT2D eigenvalue weighted by atomic mass is 9.77. The second kappa shape index (κ2) is 8.88. The molecule has 2 fully saturated rings. The molecule has 0 amide bonds. The van der Waals surface area contributed by atoms with Gasteiger partial charge in [0, 0.05) is 41.7 Å². The van der Waals surface area contributed by atoms with Crippen molar-refractivity contribution >= 4 is 37.6 Å². The van der Waals surface area contributed by atoms with Crippen molar-refractivity contribution in [3.63, 3.8) is 0 Å². The highest BCUT2D eigenvalue weighted by Gasteiger charge is 2.38. The summed E-state index contributed by atoms with van der Waals surface area (Å²) in [5.41, 5.74) is 0.126. The Balaban J connectivity index is 1.35. The van der Waals surface area contributed by atoms with Gasteiger partial charge >= 0.3 is 0 Å². The van der Waals surface area contributed by atoms with Crippen molar-refractivity contribution < 1.29 is 13.5 Å². The van der Waals surface area contributed by atoms with E-state index in [1.165, 1.54) is 0 Å². The number of benzene rings is 2. The standard InChI is InChI=1S/C22H26BrClN2O3S/c23-20-3-1-2-4-21(20)30(28,29)26-15-13-25(14-16-26)19-9-11-22(27,12-10-19)17-5-7-18(24)8-6-17/h1-8,19,27H,9-16H2. The third kappa shape index (κ3) is 4.47. The van der Waals surface area contributed by atoms with E-state index in [0.29, 0.717) is 59.5 Å². The Labute approximate surface area is 191 Å². The van der Waals surface area contributed by atoms with Gasteiger partial charge in [-0.1, -0.05) is 35.9 Å². The van der Waals surface area contributed by atoms with Crippen molar-refractivity contribution in [2.75, 3.05) is 26.2 Å². The van der Waals surface area contributed by atoms with Crippen molar-refractivity contribution in [2.45, 2.75) is 42.2 Å². The topological polar surface area (TPSA) is 60.9 Å². The van der Waals surface area contributed by atoms with Crippen molar-refractivity contribution in [3.8, 4) is 0 Å². The lowest BCUT2D eigenvalue weighted by molar-refractivity contribution is -0.0287. The van der Waals surface area contributed by atoms with Crippen LogP contribution in [0.25, 0.3) is 0 Å². The largest absolute Gasteiger partial charge is 0.385 e. The first-order valence-electron chi connectivity index (χ1n) is 10.3. The molecule has 2 aromatic carbocycles. The zero-order chi connectivity index (χ0) is 21.4. The second-order valence-corrected chi connectivity index (χ2v) is 11.3. The van der Waals surface area contributed by atoms with Gasteiger partial charge in [0.15, 0.2) is 0 Å². The Hall–Kier alpha value is -0.960. The summed E-state index contributed by atoms with van der Waals surface area (Å²) < 4.78 is 28.2. The zero-order valence-corrected chi connectivity index (χ0v) is 19.8. The fourth-order valence-electron chi connectivity index (χ4n) is 4.60. The number of piperazine rings is 1. The number of sulfonamides is 1. The van der Waals surface area contributed by atoms with Gasteiger partial charge in [0.2, 0.25) is 10.0 Å². The van der Waals surface area contributed by atoms with Gasteiger partial charge in [-0.2, -0.15) is 4.31 Å². The van der Waals surface area contributed by atoms with Crippen LogP contribution in [-0.2, 0) is 15.6 Å². The number of rotatable bonds is 4. The van der Waals surface area contributed by atoms with E-state index < -0.39 is 15.6 Å². The normalized spacial score (nSPS) is 26.6. The SMILES string of the molecule is O=S(=O)(c1ccccc1Br)N1CCN(C2CCC(O)(c3ccc(Cl)cc3)CC2)CC1. The average Bonchev–Trinajstić information content (AvgIpc) is 2.75. The molecule has 1 saturated heterocycles. The van der Waals surface area contributed by atoms with Gasteiger partial charge in [0.1, 0.15) is 0 Å². The molecule has 5 nitrogen and oxygen atoms in total. The fraction of sp³-hybridized carbons (Fsp3) is 0.455. The van der Waals surface area contributed by atoms with Crippen LogP contribution in [0.2, 0.25) is 5.02 Å². The summed E-state index contributed by atoms with van der Waals surface area (Å²) in [6.45, 7) is 2.41. The molecule has 0 atom stereocenters. The first kappa shape index (κ1) is 22.2. The Kier molecular flexibility index (Phi) is 6.59. The van der Waals surface area contributed by atoms with Crippen LogP contribution < -0.4 is 0 Å². The van der Waals surface area contributed by atoms with Crippen LogP contribution in [0.3, 0.4) is 0 Å². The van der Waals surface area contributed by atoms with Gasteiger partial charge in [0.25, 0.3) is 0 Å². The predicted molar refractivity (Wildman–Crippen MR) is 122 cm³/mol. The number of hydrogen-bond acceptors (Lipinski definition) is 4. The zero-order valence-electron chi connectivity index (χ0n) is 16.7. The van der Waals surface area contributed by atoms with E-state index >= 15 is 0 Å². The molecule has 0 radical (unpaired) electrons. The first-order chi connectivity index (χ1) is 14.3. The lowest BCUT2D eigenvalue weighted by Crippen LogP contribution is -2.53. The maximum absolute atomic E-state index is 13.0. The molecule has 2 aliphatic rings. The summed E-state index contributed by atoms with van der Waals surface area (Å²) in [4.78, 5) is 2.71. The van der Waals surface area contributed by atoms with Gasteiger partial charge < -0.3 is 5.11 Å². The summed E-state index contributed by atoms with van der Waals surface area (Å²) >= 11 is 9.33. The van der Waals surface area contributed by atoms with Gasteiger partial charge in [-0.05, 0) is 71.4 Å². The molecule has 0 aromatic heterocycles. The summed E-state index contributed by atoms with van der Waals surface area (Å²) in [6.07, 6.45) is 3.20. The number of hydrogen-bond donors (Lipinski definition) is 1. The third-order valence-electron chi connectivity index (χ3n) is 6.41. The van der Waals surface area contributed by atoms with Crippen LogP contribution in [0.15, 0.2) is 57.9 Å². The van der Waals surface area contributed by atoms with Crippen LogP contribution in [0.4, 0.5) is 0 Å². The molecule has 0 unspecified atom stereocenters. The summed E-state index contributed by atoms with van der Waals surface area (Å²) in [6, 6.07) is 14.8. The van der Waals surface area contributed by atoms with Crippen molar-refractivity contribution in [1.82, 2.24) is 9.21 Å². The van der Waals surface area contributed by atoms with E-state index in [1.54, 1.807) is 22.5 Å². The molecule has 0 bridgehead atoms. The molecule has 1 saturated carbocycles. The van der Waals surface area contributed by atoms with E-state index in [0.717, 1.165) is 18.4 Å². The minimum Gasteiger partial charge on any atom is -0.385 e. The maximum atomic E-state index is 13.0. The van der Waals surface area contributed by atoms with E-state index in [2.05, 4.69) is 20.8 Å². The molecule has 30 heavy (non-hydrogen) atoms. The Morgan fingerprint density at radius 1 is 0.967 bits per heavy atom. The van der Waals surface area contributed by atoms with Gasteiger partial charge in [0.05, 0.1) is 10.5 Å². The highest BCUT2D eigenvalue weighted by molar-refractivity contribution is 9.10. The summed E-state index contributed by atoms with van der Waals surface area (Å²) in [5, 5.41) is 11.8. The average molecular weight is 514 g/mol. The van der Waals surface area contributed by atoms with Gasteiger partial charge in [-0.3, -0.25) is 4.90 Å². The first-order valence-corrected chi connectivity index (χ1v) is 12.9.